The van der Waals surface area contributed by atoms with E-state index in [-0.39, 0.29) is 5.91 Å². The molecule has 26 heavy (non-hydrogen) atoms. The molecule has 134 valence electrons. The molecule has 1 aliphatic rings. The molecule has 1 amide bonds. The first-order valence-electron chi connectivity index (χ1n) is 9.21. The van der Waals surface area contributed by atoms with E-state index in [1.807, 2.05) is 35.9 Å². The van der Waals surface area contributed by atoms with E-state index < -0.39 is 0 Å². The summed E-state index contributed by atoms with van der Waals surface area (Å²) in [6.45, 7) is 5.86. The number of rotatable bonds is 5. The van der Waals surface area contributed by atoms with Crippen LogP contribution >= 0.6 is 0 Å². The standard InChI is InChI=1S/C21H24N4O/c1-16-13-25-15-19(7-8-20(25)23-16)21(26)22-12-17-5-4-6-18(11-17)14-24-9-2-3-10-24/h4-8,11,13,15H,2-3,9-10,12,14H2,1H3,(H,22,26). The average molecular weight is 348 g/mol. The fourth-order valence-corrected chi connectivity index (χ4v) is 3.57. The SMILES string of the molecule is Cc1cn2cc(C(=O)NCc3cccc(CN4CCCC4)c3)ccc2n1. The van der Waals surface area contributed by atoms with Crippen molar-refractivity contribution in [2.24, 2.45) is 0 Å². The van der Waals surface area contributed by atoms with E-state index in [9.17, 15) is 4.79 Å². The van der Waals surface area contributed by atoms with Gasteiger partial charge in [0.05, 0.1) is 11.3 Å². The van der Waals surface area contributed by atoms with Gasteiger partial charge in [0, 0.05) is 25.5 Å². The van der Waals surface area contributed by atoms with E-state index in [2.05, 4.69) is 39.5 Å². The molecule has 0 radical (unpaired) electrons. The number of fused-ring (bicyclic) bond motifs is 1. The summed E-state index contributed by atoms with van der Waals surface area (Å²) in [6, 6.07) is 12.2. The van der Waals surface area contributed by atoms with Crippen molar-refractivity contribution in [2.75, 3.05) is 13.1 Å². The molecule has 1 N–H and O–H groups in total. The van der Waals surface area contributed by atoms with Gasteiger partial charge in [0.2, 0.25) is 0 Å². The molecule has 1 fully saturated rings. The number of carbonyl (C=O) groups is 1. The lowest BCUT2D eigenvalue weighted by molar-refractivity contribution is 0.0950. The highest BCUT2D eigenvalue weighted by Gasteiger charge is 2.12. The first-order valence-corrected chi connectivity index (χ1v) is 9.21. The van der Waals surface area contributed by atoms with Crippen molar-refractivity contribution in [1.29, 1.82) is 0 Å². The third kappa shape index (κ3) is 3.78. The fraction of sp³-hybridized carbons (Fsp3) is 0.333. The minimum absolute atomic E-state index is 0.0665. The number of aromatic nitrogens is 2. The number of hydrogen-bond donors (Lipinski definition) is 1. The van der Waals surface area contributed by atoms with Gasteiger partial charge in [-0.05, 0) is 56.1 Å². The van der Waals surface area contributed by atoms with Crippen LogP contribution in [0, 0.1) is 6.92 Å². The van der Waals surface area contributed by atoms with Gasteiger partial charge in [0.15, 0.2) is 0 Å². The molecule has 0 spiro atoms. The minimum Gasteiger partial charge on any atom is -0.348 e. The van der Waals surface area contributed by atoms with Crippen molar-refractivity contribution < 1.29 is 4.79 Å². The Morgan fingerprint density at radius 1 is 1.12 bits per heavy atom. The van der Waals surface area contributed by atoms with Crippen LogP contribution < -0.4 is 5.32 Å². The molecule has 0 saturated carbocycles. The second-order valence-electron chi connectivity index (χ2n) is 7.05. The van der Waals surface area contributed by atoms with E-state index >= 15 is 0 Å². The average Bonchev–Trinajstić information content (AvgIpc) is 3.27. The Hall–Kier alpha value is -2.66. The normalized spacial score (nSPS) is 14.8. The van der Waals surface area contributed by atoms with E-state index in [0.717, 1.165) is 23.4 Å². The maximum atomic E-state index is 12.5. The lowest BCUT2D eigenvalue weighted by Gasteiger charge is -2.15. The molecule has 1 saturated heterocycles. The Morgan fingerprint density at radius 2 is 1.92 bits per heavy atom. The number of imidazole rings is 1. The van der Waals surface area contributed by atoms with Gasteiger partial charge in [-0.2, -0.15) is 0 Å². The third-order valence-electron chi connectivity index (χ3n) is 4.88. The monoisotopic (exact) mass is 348 g/mol. The Bertz CT molecular complexity index is 925. The number of carbonyl (C=O) groups excluding carboxylic acids is 1. The molecule has 0 atom stereocenters. The van der Waals surface area contributed by atoms with Crippen LogP contribution in [0.1, 0.15) is 40.0 Å². The molecule has 5 nitrogen and oxygen atoms in total. The summed E-state index contributed by atoms with van der Waals surface area (Å²) < 4.78 is 1.89. The van der Waals surface area contributed by atoms with Crippen LogP contribution in [0.2, 0.25) is 0 Å². The summed E-state index contributed by atoms with van der Waals surface area (Å²) in [4.78, 5) is 19.4. The summed E-state index contributed by atoms with van der Waals surface area (Å²) in [5.74, 6) is -0.0665. The predicted octanol–water partition coefficient (Wildman–Crippen LogP) is 3.17. The molecular weight excluding hydrogens is 324 g/mol. The second-order valence-corrected chi connectivity index (χ2v) is 7.05. The molecule has 1 aromatic carbocycles. The minimum atomic E-state index is -0.0665. The number of likely N-dealkylation sites (tertiary alicyclic amines) is 1. The van der Waals surface area contributed by atoms with Gasteiger partial charge in [0.25, 0.3) is 5.91 Å². The number of nitrogens with zero attached hydrogens (tertiary/aromatic N) is 3. The van der Waals surface area contributed by atoms with Gasteiger partial charge in [-0.15, -0.1) is 0 Å². The largest absolute Gasteiger partial charge is 0.348 e. The van der Waals surface area contributed by atoms with Crippen molar-refractivity contribution in [1.82, 2.24) is 19.6 Å². The first-order chi connectivity index (χ1) is 12.7. The Morgan fingerprint density at radius 3 is 2.77 bits per heavy atom. The van der Waals surface area contributed by atoms with E-state index in [4.69, 9.17) is 0 Å². The molecule has 3 heterocycles. The van der Waals surface area contributed by atoms with Crippen LogP contribution in [0.25, 0.3) is 5.65 Å². The number of hydrogen-bond acceptors (Lipinski definition) is 3. The number of aryl methyl sites for hydroxylation is 1. The highest BCUT2D eigenvalue weighted by atomic mass is 16.1. The maximum absolute atomic E-state index is 12.5. The predicted molar refractivity (Wildman–Crippen MR) is 102 cm³/mol. The van der Waals surface area contributed by atoms with Crippen molar-refractivity contribution in [3.05, 3.63) is 71.2 Å². The van der Waals surface area contributed by atoms with Gasteiger partial charge >= 0.3 is 0 Å². The van der Waals surface area contributed by atoms with E-state index in [1.54, 1.807) is 0 Å². The van der Waals surface area contributed by atoms with Gasteiger partial charge in [-0.25, -0.2) is 4.98 Å². The molecule has 0 aliphatic carbocycles. The van der Waals surface area contributed by atoms with E-state index in [1.165, 1.54) is 31.5 Å². The van der Waals surface area contributed by atoms with Crippen LogP contribution in [-0.2, 0) is 13.1 Å². The first kappa shape index (κ1) is 16.8. The van der Waals surface area contributed by atoms with Gasteiger partial charge in [-0.1, -0.05) is 24.3 Å². The molecule has 2 aromatic heterocycles. The van der Waals surface area contributed by atoms with Crippen molar-refractivity contribution in [3.8, 4) is 0 Å². The van der Waals surface area contributed by atoms with Crippen molar-refractivity contribution in [2.45, 2.75) is 32.9 Å². The summed E-state index contributed by atoms with van der Waals surface area (Å²) in [5.41, 5.74) is 4.89. The second kappa shape index (κ2) is 7.30. The lowest BCUT2D eigenvalue weighted by atomic mass is 10.1. The molecular formula is C21H24N4O. The number of amides is 1. The Labute approximate surface area is 153 Å². The van der Waals surface area contributed by atoms with Crippen LogP contribution in [0.15, 0.2) is 48.8 Å². The Kier molecular flexibility index (Phi) is 4.71. The molecule has 3 aromatic rings. The highest BCUT2D eigenvalue weighted by Crippen LogP contribution is 2.14. The van der Waals surface area contributed by atoms with Crippen LogP contribution in [0.4, 0.5) is 0 Å². The quantitative estimate of drug-likeness (QED) is 0.770. The number of benzene rings is 1. The highest BCUT2D eigenvalue weighted by molar-refractivity contribution is 5.94. The topological polar surface area (TPSA) is 49.6 Å². The maximum Gasteiger partial charge on any atom is 0.253 e. The zero-order valence-corrected chi connectivity index (χ0v) is 15.1. The summed E-state index contributed by atoms with van der Waals surface area (Å²) in [6.07, 6.45) is 6.36. The molecule has 4 rings (SSSR count). The zero-order valence-electron chi connectivity index (χ0n) is 15.1. The molecule has 5 heteroatoms. The molecule has 1 aliphatic heterocycles. The smallest absolute Gasteiger partial charge is 0.253 e. The third-order valence-corrected chi connectivity index (χ3v) is 4.88. The van der Waals surface area contributed by atoms with Crippen LogP contribution in [0.5, 0.6) is 0 Å². The van der Waals surface area contributed by atoms with E-state index in [0.29, 0.717) is 12.1 Å². The molecule has 0 unspecified atom stereocenters. The van der Waals surface area contributed by atoms with Crippen molar-refractivity contribution in [3.63, 3.8) is 0 Å². The summed E-state index contributed by atoms with van der Waals surface area (Å²) in [5, 5.41) is 3.02. The summed E-state index contributed by atoms with van der Waals surface area (Å²) >= 11 is 0. The zero-order chi connectivity index (χ0) is 17.9. The van der Waals surface area contributed by atoms with Gasteiger partial charge in [-0.3, -0.25) is 9.69 Å². The lowest BCUT2D eigenvalue weighted by Crippen LogP contribution is -2.23. The van der Waals surface area contributed by atoms with Gasteiger partial charge in [0.1, 0.15) is 5.65 Å². The Balaban J connectivity index is 1.40. The van der Waals surface area contributed by atoms with Crippen LogP contribution in [0.3, 0.4) is 0 Å². The van der Waals surface area contributed by atoms with Gasteiger partial charge < -0.3 is 9.72 Å². The fourth-order valence-electron chi connectivity index (χ4n) is 3.57. The number of nitrogens with one attached hydrogen (secondary N) is 1. The summed E-state index contributed by atoms with van der Waals surface area (Å²) in [7, 11) is 0. The molecule has 0 bridgehead atoms. The van der Waals surface area contributed by atoms with Crippen LogP contribution in [-0.4, -0.2) is 33.3 Å². The number of pyridine rings is 1. The van der Waals surface area contributed by atoms with Crippen molar-refractivity contribution >= 4 is 11.6 Å².